The van der Waals surface area contributed by atoms with E-state index in [1.807, 2.05) is 19.4 Å². The lowest BCUT2D eigenvalue weighted by Gasteiger charge is -2.01. The maximum absolute atomic E-state index is 8.98. The molecule has 0 saturated heterocycles. The van der Waals surface area contributed by atoms with Crippen molar-refractivity contribution in [3.05, 3.63) is 33.7 Å². The number of thiazole rings is 1. The van der Waals surface area contributed by atoms with Crippen LogP contribution in [0.2, 0.25) is 0 Å². The molecule has 0 aliphatic heterocycles. The van der Waals surface area contributed by atoms with Gasteiger partial charge in [0.1, 0.15) is 11.6 Å². The van der Waals surface area contributed by atoms with E-state index in [0.717, 1.165) is 11.3 Å². The van der Waals surface area contributed by atoms with E-state index in [1.54, 1.807) is 17.5 Å². The number of nitrogens with zero attached hydrogens (tertiary/aromatic N) is 3. The first-order valence-corrected chi connectivity index (χ1v) is 12.3. The lowest BCUT2D eigenvalue weighted by atomic mass is 10.2. The highest BCUT2D eigenvalue weighted by Crippen LogP contribution is 2.13. The van der Waals surface area contributed by atoms with Gasteiger partial charge in [-0.15, -0.1) is 12.4 Å². The Morgan fingerprint density at radius 1 is 1.06 bits per heavy atom. The summed E-state index contributed by atoms with van der Waals surface area (Å²) in [4.78, 5) is 9.53. The Balaban J connectivity index is -0.000000499. The van der Waals surface area contributed by atoms with Gasteiger partial charge in [0, 0.05) is 26.1 Å². The summed E-state index contributed by atoms with van der Waals surface area (Å²) in [6.45, 7) is 8.96. The molecule has 0 atom stereocenters. The van der Waals surface area contributed by atoms with Crippen molar-refractivity contribution in [1.82, 2.24) is 9.97 Å². The molecule has 2 heterocycles. The highest BCUT2D eigenvalue weighted by Gasteiger charge is 2.16. The molecule has 0 radical (unpaired) electrons. The van der Waals surface area contributed by atoms with Crippen molar-refractivity contribution in [1.29, 1.82) is 0 Å². The molecule has 2 rings (SSSR count). The number of nitrogens with two attached hydrogens (primary N) is 1. The molecule has 0 aromatic carbocycles. The summed E-state index contributed by atoms with van der Waals surface area (Å²) < 4.78 is 65.3. The van der Waals surface area contributed by atoms with Crippen LogP contribution >= 0.6 is 23.7 Å². The quantitative estimate of drug-likeness (QED) is 0.236. The maximum Gasteiger partial charge on any atom is 0.394 e. The van der Waals surface area contributed by atoms with Gasteiger partial charge in [0.25, 0.3) is 0 Å². The second-order valence-corrected chi connectivity index (χ2v) is 8.49. The lowest BCUT2D eigenvalue weighted by Crippen LogP contribution is -2.35. The highest BCUT2D eigenvalue weighted by atomic mass is 35.5. The Kier molecular flexibility index (Phi) is 18.7. The molecular weight excluding hydrogens is 512 g/mol. The van der Waals surface area contributed by atoms with Crippen LogP contribution in [0.15, 0.2) is 11.7 Å². The average molecular weight is 542 g/mol. The van der Waals surface area contributed by atoms with Gasteiger partial charge in [0.05, 0.1) is 10.4 Å². The number of aliphatic hydroxyl groups is 1. The summed E-state index contributed by atoms with van der Waals surface area (Å²) in [5.74, 6) is 1.22. The number of nitrogen functional groups attached to an aromatic ring is 1. The van der Waals surface area contributed by atoms with Crippen LogP contribution in [0.25, 0.3) is 0 Å². The molecule has 0 bridgehead atoms. The second kappa shape index (κ2) is 17.0. The maximum atomic E-state index is 8.98. The molecule has 2 aromatic heterocycles. The Morgan fingerprint density at radius 2 is 1.50 bits per heavy atom. The van der Waals surface area contributed by atoms with Crippen molar-refractivity contribution < 1.29 is 44.7 Å². The number of halogens is 1. The van der Waals surface area contributed by atoms with Crippen LogP contribution in [0.4, 0.5) is 5.82 Å². The Bertz CT molecular complexity index is 954. The smallest absolute Gasteiger partial charge is 0.394 e. The van der Waals surface area contributed by atoms with Crippen molar-refractivity contribution >= 4 is 50.4 Å². The van der Waals surface area contributed by atoms with Gasteiger partial charge in [-0.05, 0) is 6.92 Å². The Labute approximate surface area is 197 Å². The van der Waals surface area contributed by atoms with Crippen LogP contribution in [-0.2, 0) is 33.8 Å². The minimum absolute atomic E-state index is 0. The largest absolute Gasteiger partial charge is 0.396 e. The highest BCUT2D eigenvalue weighted by molar-refractivity contribution is 7.80. The molecule has 0 aliphatic rings. The van der Waals surface area contributed by atoms with Crippen LogP contribution in [0.3, 0.4) is 0 Å². The van der Waals surface area contributed by atoms with Gasteiger partial charge in [-0.25, -0.2) is 9.97 Å². The zero-order chi connectivity index (χ0) is 24.8. The number of hydrogen-bond donors (Lipinski definition) is 6. The minimum Gasteiger partial charge on any atom is -0.396 e. The van der Waals surface area contributed by atoms with E-state index < -0.39 is 20.8 Å². The summed E-state index contributed by atoms with van der Waals surface area (Å²) in [5, 5.41) is 8.98. The first-order chi connectivity index (χ1) is 14.0. The molecule has 17 heteroatoms. The molecule has 7 N–H and O–H groups in total. The van der Waals surface area contributed by atoms with Gasteiger partial charge >= 0.3 is 20.8 Å². The summed E-state index contributed by atoms with van der Waals surface area (Å²) in [5.41, 5.74) is 10.0. The van der Waals surface area contributed by atoms with Crippen LogP contribution in [0.5, 0.6) is 0 Å². The Morgan fingerprint density at radius 3 is 1.88 bits per heavy atom. The van der Waals surface area contributed by atoms with Gasteiger partial charge in [0.2, 0.25) is 5.51 Å². The molecular formula is C15H30ClN4O9S3+. The van der Waals surface area contributed by atoms with E-state index in [4.69, 9.17) is 45.9 Å². The van der Waals surface area contributed by atoms with Crippen molar-refractivity contribution in [2.75, 3.05) is 12.3 Å². The lowest BCUT2D eigenvalue weighted by molar-refractivity contribution is -0.689. The SMILES string of the molecule is CCC.Cc1ncc(C[n+]2csc(CCO)c2C)c(N)n1.Cl.O=S(=O)(O)O.O=S(=O)(O)O. The van der Waals surface area contributed by atoms with Gasteiger partial charge in [-0.1, -0.05) is 31.6 Å². The molecule has 188 valence electrons. The van der Waals surface area contributed by atoms with E-state index in [1.165, 1.54) is 11.3 Å². The average Bonchev–Trinajstić information content (AvgIpc) is 2.89. The number of aryl methyl sites for hydroxylation is 1. The van der Waals surface area contributed by atoms with Gasteiger partial charge in [-0.3, -0.25) is 18.2 Å². The summed E-state index contributed by atoms with van der Waals surface area (Å²) >= 11 is 1.65. The molecule has 0 aliphatic carbocycles. The third-order valence-corrected chi connectivity index (χ3v) is 4.00. The van der Waals surface area contributed by atoms with Crippen LogP contribution in [0, 0.1) is 13.8 Å². The van der Waals surface area contributed by atoms with Crippen LogP contribution in [-0.4, -0.2) is 56.7 Å². The predicted molar refractivity (Wildman–Crippen MR) is 122 cm³/mol. The van der Waals surface area contributed by atoms with Crippen molar-refractivity contribution in [2.24, 2.45) is 0 Å². The second-order valence-electron chi connectivity index (χ2n) is 5.76. The van der Waals surface area contributed by atoms with Gasteiger partial charge in [-0.2, -0.15) is 21.4 Å². The molecule has 0 unspecified atom stereocenters. The molecule has 13 nitrogen and oxygen atoms in total. The topological polar surface area (TPSA) is 225 Å². The zero-order valence-corrected chi connectivity index (χ0v) is 21.2. The fraction of sp³-hybridized carbons (Fsp3) is 0.533. The molecule has 32 heavy (non-hydrogen) atoms. The van der Waals surface area contributed by atoms with E-state index in [9.17, 15) is 0 Å². The van der Waals surface area contributed by atoms with Crippen molar-refractivity contribution in [2.45, 2.75) is 47.1 Å². The van der Waals surface area contributed by atoms with Crippen molar-refractivity contribution in [3.63, 3.8) is 0 Å². The van der Waals surface area contributed by atoms with E-state index in [2.05, 4.69) is 28.4 Å². The zero-order valence-electron chi connectivity index (χ0n) is 17.9. The van der Waals surface area contributed by atoms with Gasteiger partial charge < -0.3 is 10.8 Å². The first kappa shape index (κ1) is 35.1. The summed E-state index contributed by atoms with van der Waals surface area (Å²) in [6, 6.07) is 0. The van der Waals surface area contributed by atoms with E-state index in [0.29, 0.717) is 24.6 Å². The Hall–Kier alpha value is -1.50. The summed E-state index contributed by atoms with van der Waals surface area (Å²) in [6.07, 6.45) is 3.72. The predicted octanol–water partition coefficient (Wildman–Crippen LogP) is 1.14. The molecule has 2 aromatic rings. The first-order valence-electron chi connectivity index (χ1n) is 8.58. The standard InChI is InChI=1S/C12H17N4OS.C3H8.ClH.2H2O4S/c1-8-11(3-4-17)18-7-16(8)6-10-5-14-9(2)15-12(10)13;1-3-2;;2*1-5(2,3)4/h5,7,17H,3-4,6H2,1-2H3,(H2,13,14,15);3H2,1-2H3;1H;2*(H2,1,2,3,4)/q+1;;;;. The fourth-order valence-corrected chi connectivity index (χ4v) is 2.75. The third-order valence-electron chi connectivity index (χ3n) is 2.85. The molecule has 0 amide bonds. The molecule has 0 spiro atoms. The fourth-order valence-electron chi connectivity index (χ4n) is 1.77. The van der Waals surface area contributed by atoms with E-state index in [-0.39, 0.29) is 19.0 Å². The number of hydrogen-bond acceptors (Lipinski definition) is 9. The molecule has 0 saturated carbocycles. The number of aromatic nitrogens is 3. The van der Waals surface area contributed by atoms with E-state index >= 15 is 0 Å². The van der Waals surface area contributed by atoms with Gasteiger partial charge in [0.15, 0.2) is 12.2 Å². The number of aliphatic hydroxyl groups excluding tert-OH is 1. The summed E-state index contributed by atoms with van der Waals surface area (Å²) in [7, 11) is -9.33. The van der Waals surface area contributed by atoms with Crippen LogP contribution < -0.4 is 10.3 Å². The monoisotopic (exact) mass is 541 g/mol. The molecule has 0 fully saturated rings. The van der Waals surface area contributed by atoms with Crippen molar-refractivity contribution in [3.8, 4) is 0 Å². The normalized spacial score (nSPS) is 10.3. The third kappa shape index (κ3) is 21.7. The van der Waals surface area contributed by atoms with Crippen LogP contribution in [0.1, 0.15) is 42.2 Å². The number of rotatable bonds is 4. The number of anilines is 1. The minimum atomic E-state index is -4.67.